The number of carbonyl (C=O) groups is 2. The molecular formula is C21H31N3O4S. The summed E-state index contributed by atoms with van der Waals surface area (Å²) in [6.07, 6.45) is 1.55. The SMILES string of the molecule is CC(C)(C)c1ccccc1N1CCN(C(=O)C(=O)NCC2(C[SH](=O)=O)CC2)CC1. The van der Waals surface area contributed by atoms with Crippen LogP contribution in [0.1, 0.15) is 39.2 Å². The molecule has 0 unspecified atom stereocenters. The molecule has 7 nitrogen and oxygen atoms in total. The Morgan fingerprint density at radius 2 is 1.69 bits per heavy atom. The first-order valence-corrected chi connectivity index (χ1v) is 11.5. The van der Waals surface area contributed by atoms with Crippen LogP contribution in [0.4, 0.5) is 5.69 Å². The van der Waals surface area contributed by atoms with Crippen LogP contribution in [-0.2, 0) is 25.7 Å². The van der Waals surface area contributed by atoms with E-state index in [2.05, 4.69) is 43.1 Å². The third kappa shape index (κ3) is 5.29. The fourth-order valence-electron chi connectivity index (χ4n) is 3.86. The summed E-state index contributed by atoms with van der Waals surface area (Å²) in [7, 11) is -2.47. The number of hydrogen-bond donors (Lipinski definition) is 2. The van der Waals surface area contributed by atoms with E-state index in [1.807, 2.05) is 12.1 Å². The van der Waals surface area contributed by atoms with Crippen molar-refractivity contribution >= 4 is 28.2 Å². The number of carbonyl (C=O) groups excluding carboxylic acids is 2. The first kappa shape index (κ1) is 21.6. The Bertz CT molecular complexity index is 840. The molecule has 2 aliphatic rings. The third-order valence-corrected chi connectivity index (χ3v) is 6.79. The van der Waals surface area contributed by atoms with Gasteiger partial charge in [0, 0.05) is 43.8 Å². The van der Waals surface area contributed by atoms with Crippen LogP contribution in [-0.4, -0.2) is 63.6 Å². The van der Waals surface area contributed by atoms with Gasteiger partial charge in [-0.2, -0.15) is 0 Å². The van der Waals surface area contributed by atoms with Crippen molar-refractivity contribution in [2.75, 3.05) is 43.4 Å². The van der Waals surface area contributed by atoms with E-state index in [0.717, 1.165) is 12.8 Å². The van der Waals surface area contributed by atoms with E-state index in [0.29, 0.717) is 26.2 Å². The summed E-state index contributed by atoms with van der Waals surface area (Å²) >= 11 is 0. The Morgan fingerprint density at radius 1 is 1.07 bits per heavy atom. The van der Waals surface area contributed by atoms with Crippen LogP contribution < -0.4 is 10.2 Å². The molecule has 1 aromatic rings. The number of thiol groups is 1. The number of nitrogens with zero attached hydrogens (tertiary/aromatic N) is 2. The molecule has 2 amide bonds. The second-order valence-corrected chi connectivity index (χ2v) is 10.2. The number of para-hydroxylation sites is 1. The first-order chi connectivity index (χ1) is 13.6. The maximum absolute atomic E-state index is 12.5. The summed E-state index contributed by atoms with van der Waals surface area (Å²) < 4.78 is 21.9. The van der Waals surface area contributed by atoms with Gasteiger partial charge in [-0.1, -0.05) is 39.0 Å². The molecule has 1 aromatic carbocycles. The summed E-state index contributed by atoms with van der Waals surface area (Å²) in [4.78, 5) is 28.6. The summed E-state index contributed by atoms with van der Waals surface area (Å²) in [6.45, 7) is 9.13. The highest BCUT2D eigenvalue weighted by Gasteiger charge is 2.44. The highest BCUT2D eigenvalue weighted by Crippen LogP contribution is 2.45. The average Bonchev–Trinajstić information content (AvgIpc) is 3.44. The van der Waals surface area contributed by atoms with Crippen molar-refractivity contribution in [2.24, 2.45) is 5.41 Å². The molecule has 0 aromatic heterocycles. The van der Waals surface area contributed by atoms with Crippen LogP contribution in [0.3, 0.4) is 0 Å². The predicted octanol–water partition coefficient (Wildman–Crippen LogP) is 1.14. The summed E-state index contributed by atoms with van der Waals surface area (Å²) in [5.41, 5.74) is 2.11. The van der Waals surface area contributed by atoms with E-state index in [-0.39, 0.29) is 23.1 Å². The number of piperazine rings is 1. The van der Waals surface area contributed by atoms with Gasteiger partial charge in [-0.05, 0) is 29.9 Å². The van der Waals surface area contributed by atoms with Gasteiger partial charge in [0.15, 0.2) is 0 Å². The van der Waals surface area contributed by atoms with E-state index in [9.17, 15) is 18.0 Å². The minimum atomic E-state index is -2.47. The maximum atomic E-state index is 12.5. The molecule has 1 heterocycles. The van der Waals surface area contributed by atoms with E-state index < -0.39 is 22.5 Å². The molecule has 2 fully saturated rings. The monoisotopic (exact) mass is 421 g/mol. The van der Waals surface area contributed by atoms with Crippen LogP contribution in [0.25, 0.3) is 0 Å². The molecule has 3 rings (SSSR count). The largest absolute Gasteiger partial charge is 0.368 e. The zero-order valence-corrected chi connectivity index (χ0v) is 18.3. The molecule has 1 saturated heterocycles. The summed E-state index contributed by atoms with van der Waals surface area (Å²) in [5, 5.41) is 2.65. The van der Waals surface area contributed by atoms with E-state index >= 15 is 0 Å². The lowest BCUT2D eigenvalue weighted by molar-refractivity contribution is -0.146. The minimum absolute atomic E-state index is 0.0245. The second-order valence-electron chi connectivity index (χ2n) is 9.22. The number of benzene rings is 1. The molecule has 29 heavy (non-hydrogen) atoms. The second kappa shape index (κ2) is 8.34. The molecule has 1 saturated carbocycles. The van der Waals surface area contributed by atoms with Crippen molar-refractivity contribution in [3.63, 3.8) is 0 Å². The molecule has 1 aliphatic heterocycles. The third-order valence-electron chi connectivity index (χ3n) is 5.86. The van der Waals surface area contributed by atoms with Crippen LogP contribution in [0.2, 0.25) is 0 Å². The average molecular weight is 422 g/mol. The molecule has 0 spiro atoms. The van der Waals surface area contributed by atoms with Crippen LogP contribution in [0.5, 0.6) is 0 Å². The minimum Gasteiger partial charge on any atom is -0.368 e. The lowest BCUT2D eigenvalue weighted by Crippen LogP contribution is -2.53. The molecule has 0 radical (unpaired) electrons. The zero-order chi connectivity index (χ0) is 21.2. The van der Waals surface area contributed by atoms with Crippen molar-refractivity contribution in [3.05, 3.63) is 29.8 Å². The maximum Gasteiger partial charge on any atom is 0.312 e. The molecule has 160 valence electrons. The van der Waals surface area contributed by atoms with E-state index in [1.165, 1.54) is 11.3 Å². The number of rotatable bonds is 5. The van der Waals surface area contributed by atoms with Gasteiger partial charge < -0.3 is 15.1 Å². The van der Waals surface area contributed by atoms with Gasteiger partial charge >= 0.3 is 11.8 Å². The number of anilines is 1. The van der Waals surface area contributed by atoms with E-state index in [4.69, 9.17) is 0 Å². The fourth-order valence-corrected chi connectivity index (χ4v) is 4.84. The Morgan fingerprint density at radius 3 is 2.24 bits per heavy atom. The van der Waals surface area contributed by atoms with Crippen LogP contribution in [0.15, 0.2) is 24.3 Å². The van der Waals surface area contributed by atoms with Gasteiger partial charge in [0.25, 0.3) is 0 Å². The topological polar surface area (TPSA) is 86.8 Å². The van der Waals surface area contributed by atoms with Crippen molar-refractivity contribution in [2.45, 2.75) is 39.0 Å². The summed E-state index contributed by atoms with van der Waals surface area (Å²) in [5.74, 6) is -1.10. The lowest BCUT2D eigenvalue weighted by Gasteiger charge is -2.38. The van der Waals surface area contributed by atoms with Crippen LogP contribution in [0, 0.1) is 5.41 Å². The number of amides is 2. The summed E-state index contributed by atoms with van der Waals surface area (Å²) in [6, 6.07) is 8.33. The highest BCUT2D eigenvalue weighted by molar-refractivity contribution is 7.72. The van der Waals surface area contributed by atoms with Crippen molar-refractivity contribution in [3.8, 4) is 0 Å². The highest BCUT2D eigenvalue weighted by atomic mass is 32.2. The van der Waals surface area contributed by atoms with Gasteiger partial charge in [0.05, 0.1) is 5.75 Å². The van der Waals surface area contributed by atoms with Crippen molar-refractivity contribution in [1.29, 1.82) is 0 Å². The molecule has 0 bridgehead atoms. The Balaban J connectivity index is 1.54. The first-order valence-electron chi connectivity index (χ1n) is 10.1. The smallest absolute Gasteiger partial charge is 0.312 e. The predicted molar refractivity (Wildman–Crippen MR) is 114 cm³/mol. The van der Waals surface area contributed by atoms with Crippen molar-refractivity contribution < 1.29 is 18.0 Å². The Hall–Kier alpha value is -2.09. The Kier molecular flexibility index (Phi) is 6.22. The standard InChI is InChI=1S/C21H31N3O4S/c1-20(2,3)16-6-4-5-7-17(16)23-10-12-24(13-11-23)19(26)18(25)22-14-21(8-9-21)15-29(27)28/h4-7,29H,8-15H2,1-3H3,(H,22,25). The number of nitrogens with one attached hydrogen (secondary N) is 1. The molecular weight excluding hydrogens is 390 g/mol. The lowest BCUT2D eigenvalue weighted by atomic mass is 9.85. The fraction of sp³-hybridized carbons (Fsp3) is 0.619. The normalized spacial score (nSPS) is 18.6. The zero-order valence-electron chi connectivity index (χ0n) is 17.4. The quantitative estimate of drug-likeness (QED) is 0.550. The van der Waals surface area contributed by atoms with Crippen LogP contribution >= 0.6 is 0 Å². The van der Waals surface area contributed by atoms with E-state index in [1.54, 1.807) is 4.90 Å². The van der Waals surface area contributed by atoms with Crippen molar-refractivity contribution in [1.82, 2.24) is 10.2 Å². The van der Waals surface area contributed by atoms with Gasteiger partial charge in [-0.25, -0.2) is 8.42 Å². The number of hydrogen-bond acceptors (Lipinski definition) is 5. The molecule has 8 heteroatoms. The molecule has 1 aliphatic carbocycles. The molecule has 0 atom stereocenters. The van der Waals surface area contributed by atoms with Gasteiger partial charge in [0.1, 0.15) is 10.7 Å². The van der Waals surface area contributed by atoms with Gasteiger partial charge in [-0.3, -0.25) is 9.59 Å². The van der Waals surface area contributed by atoms with Gasteiger partial charge in [0.2, 0.25) is 0 Å². The molecule has 1 N–H and O–H groups in total. The van der Waals surface area contributed by atoms with Gasteiger partial charge in [-0.15, -0.1) is 0 Å². The Labute approximate surface area is 174 Å².